The van der Waals surface area contributed by atoms with Crippen molar-refractivity contribution in [2.24, 2.45) is 0 Å². The number of nitrogens with zero attached hydrogens (tertiary/aromatic N) is 1. The number of rotatable bonds is 3. The lowest BCUT2D eigenvalue weighted by Gasteiger charge is -2.32. The van der Waals surface area contributed by atoms with Crippen LogP contribution in [-0.4, -0.2) is 11.4 Å². The molecule has 0 aliphatic heterocycles. The second-order valence-electron chi connectivity index (χ2n) is 7.98. The maximum Gasteiger partial charge on any atom is 0.0869 e. The second kappa shape index (κ2) is 7.37. The van der Waals surface area contributed by atoms with E-state index in [1.807, 2.05) is 30.3 Å². The summed E-state index contributed by atoms with van der Waals surface area (Å²) in [5, 5.41) is 19.3. The summed E-state index contributed by atoms with van der Waals surface area (Å²) in [6.45, 7) is 4.22. The van der Waals surface area contributed by atoms with Crippen LogP contribution in [-0.2, 0) is 0 Å². The first-order valence-electron chi connectivity index (χ1n) is 10.4. The molecular weight excluding hydrogens is 378 g/mol. The molecule has 5 rings (SSSR count). The minimum absolute atomic E-state index is 0.224. The highest BCUT2D eigenvalue weighted by Crippen LogP contribution is 2.41. The smallest absolute Gasteiger partial charge is 0.0869 e. The van der Waals surface area contributed by atoms with Crippen molar-refractivity contribution in [3.63, 3.8) is 0 Å². The zero-order valence-corrected chi connectivity index (χ0v) is 17.6. The van der Waals surface area contributed by atoms with Crippen molar-refractivity contribution in [1.82, 2.24) is 0 Å². The van der Waals surface area contributed by atoms with E-state index in [0.717, 1.165) is 33.6 Å². The van der Waals surface area contributed by atoms with Gasteiger partial charge in [-0.3, -0.25) is 10.8 Å². The molecule has 1 aliphatic carbocycles. The number of hydrogen-bond donors (Lipinski definition) is 2. The van der Waals surface area contributed by atoms with Crippen molar-refractivity contribution in [1.29, 1.82) is 10.8 Å². The Morgan fingerprint density at radius 2 is 1.29 bits per heavy atom. The Hall–Kier alpha value is -3.98. The van der Waals surface area contributed by atoms with Gasteiger partial charge in [0.2, 0.25) is 0 Å². The zero-order valence-electron chi connectivity index (χ0n) is 17.6. The van der Waals surface area contributed by atoms with Crippen LogP contribution in [0, 0.1) is 24.7 Å². The number of hydrogen-bond acceptors (Lipinski definition) is 3. The normalized spacial score (nSPS) is 13.2. The second-order valence-corrected chi connectivity index (χ2v) is 7.98. The largest absolute Gasteiger partial charge is 0.309 e. The summed E-state index contributed by atoms with van der Waals surface area (Å²) in [6, 6.07) is 29.1. The minimum Gasteiger partial charge on any atom is -0.309 e. The predicted octanol–water partition coefficient (Wildman–Crippen LogP) is 7.04. The van der Waals surface area contributed by atoms with Gasteiger partial charge in [0.05, 0.1) is 22.8 Å². The third-order valence-electron chi connectivity index (χ3n) is 5.92. The molecule has 0 radical (unpaired) electrons. The van der Waals surface area contributed by atoms with Crippen molar-refractivity contribution in [3.8, 4) is 0 Å². The van der Waals surface area contributed by atoms with Gasteiger partial charge in [-0.25, -0.2) is 0 Å². The van der Waals surface area contributed by atoms with E-state index < -0.39 is 0 Å². The highest BCUT2D eigenvalue weighted by molar-refractivity contribution is 6.53. The Balaban J connectivity index is 1.83. The molecule has 0 heterocycles. The summed E-state index contributed by atoms with van der Waals surface area (Å²) >= 11 is 0. The van der Waals surface area contributed by atoms with Crippen molar-refractivity contribution >= 4 is 39.3 Å². The Labute approximate surface area is 182 Å². The first-order valence-corrected chi connectivity index (χ1v) is 10.4. The fraction of sp³-hybridized carbons (Fsp3) is 0.0714. The van der Waals surface area contributed by atoms with Crippen LogP contribution in [0.3, 0.4) is 0 Å². The highest BCUT2D eigenvalue weighted by Gasteiger charge is 2.26. The number of allylic oxidation sites excluding steroid dienone is 1. The van der Waals surface area contributed by atoms with Gasteiger partial charge < -0.3 is 4.90 Å². The summed E-state index contributed by atoms with van der Waals surface area (Å²) in [5.41, 5.74) is 7.68. The van der Waals surface area contributed by atoms with Gasteiger partial charge >= 0.3 is 0 Å². The number of benzene rings is 4. The Morgan fingerprint density at radius 3 is 2.03 bits per heavy atom. The van der Waals surface area contributed by atoms with Gasteiger partial charge in [-0.15, -0.1) is 0 Å². The lowest BCUT2D eigenvalue weighted by Crippen LogP contribution is -2.25. The molecule has 150 valence electrons. The van der Waals surface area contributed by atoms with E-state index in [-0.39, 0.29) is 11.4 Å². The third kappa shape index (κ3) is 3.15. The van der Waals surface area contributed by atoms with E-state index in [1.54, 1.807) is 0 Å². The van der Waals surface area contributed by atoms with Crippen molar-refractivity contribution in [3.05, 3.63) is 113 Å². The molecule has 2 N–H and O–H groups in total. The van der Waals surface area contributed by atoms with Crippen LogP contribution in [0.15, 0.2) is 91.0 Å². The van der Waals surface area contributed by atoms with Crippen LogP contribution < -0.4 is 4.90 Å². The average molecular weight is 402 g/mol. The topological polar surface area (TPSA) is 50.9 Å². The average Bonchev–Trinajstić information content (AvgIpc) is 2.80. The molecule has 0 atom stereocenters. The molecule has 0 amide bonds. The molecule has 3 heteroatoms. The summed E-state index contributed by atoms with van der Waals surface area (Å²) in [4.78, 5) is 2.22. The molecule has 0 fully saturated rings. The molecular formula is C28H23N3. The molecule has 0 unspecified atom stereocenters. The first-order chi connectivity index (χ1) is 15.0. The number of anilines is 2. The van der Waals surface area contributed by atoms with Crippen molar-refractivity contribution in [2.45, 2.75) is 13.8 Å². The van der Waals surface area contributed by atoms with Crippen LogP contribution in [0.25, 0.3) is 16.5 Å². The van der Waals surface area contributed by atoms with Crippen LogP contribution in [0.4, 0.5) is 11.4 Å². The quantitative estimate of drug-likeness (QED) is 0.380. The number of fused-ring (bicyclic) bond motifs is 2. The molecule has 31 heavy (non-hydrogen) atoms. The minimum atomic E-state index is 0.224. The lowest BCUT2D eigenvalue weighted by molar-refractivity contribution is 1.28. The van der Waals surface area contributed by atoms with Gasteiger partial charge in [0.1, 0.15) is 0 Å². The van der Waals surface area contributed by atoms with Gasteiger partial charge in [-0.2, -0.15) is 0 Å². The van der Waals surface area contributed by atoms with E-state index >= 15 is 0 Å². The van der Waals surface area contributed by atoms with Gasteiger partial charge in [-0.1, -0.05) is 72.3 Å². The Bertz CT molecular complexity index is 1380. The zero-order chi connectivity index (χ0) is 21.5. The fourth-order valence-electron chi connectivity index (χ4n) is 4.27. The van der Waals surface area contributed by atoms with Gasteiger partial charge in [0, 0.05) is 22.2 Å². The maximum absolute atomic E-state index is 8.48. The van der Waals surface area contributed by atoms with Crippen LogP contribution in [0.2, 0.25) is 0 Å². The van der Waals surface area contributed by atoms with Crippen LogP contribution in [0.5, 0.6) is 0 Å². The summed E-state index contributed by atoms with van der Waals surface area (Å²) in [5.74, 6) is 0. The van der Waals surface area contributed by atoms with Gasteiger partial charge in [0.25, 0.3) is 0 Å². The maximum atomic E-state index is 8.48. The molecule has 0 spiro atoms. The molecule has 0 aromatic heterocycles. The Kier molecular flexibility index (Phi) is 4.52. The monoisotopic (exact) mass is 401 g/mol. The molecule has 3 nitrogen and oxygen atoms in total. The Morgan fingerprint density at radius 1 is 0.645 bits per heavy atom. The first kappa shape index (κ1) is 19.0. The molecule has 0 saturated carbocycles. The summed E-state index contributed by atoms with van der Waals surface area (Å²) < 4.78 is 0. The van der Waals surface area contributed by atoms with E-state index in [0.29, 0.717) is 0 Å². The molecule has 0 bridgehead atoms. The highest BCUT2D eigenvalue weighted by atomic mass is 15.2. The molecule has 4 aromatic carbocycles. The molecule has 1 aliphatic rings. The van der Waals surface area contributed by atoms with Gasteiger partial charge in [0.15, 0.2) is 0 Å². The summed E-state index contributed by atoms with van der Waals surface area (Å²) in [7, 11) is 0. The number of nitrogens with one attached hydrogen (secondary N) is 2. The third-order valence-corrected chi connectivity index (χ3v) is 5.92. The summed E-state index contributed by atoms with van der Waals surface area (Å²) in [6.07, 6.45) is 1.82. The van der Waals surface area contributed by atoms with E-state index in [2.05, 4.69) is 79.4 Å². The van der Waals surface area contributed by atoms with Crippen LogP contribution in [0.1, 0.15) is 22.3 Å². The number of aryl methyl sites for hydroxylation is 2. The standard InChI is InChI=1S/C28H23N3/c1-18-11-14-20(15-12-18)31(26-16-13-19(2)21-7-3-4-8-22(21)26)27-17-25(29)28(30)24-10-6-5-9-23(24)27/h3-17,29-30H,1-2H3. The van der Waals surface area contributed by atoms with E-state index in [9.17, 15) is 0 Å². The lowest BCUT2D eigenvalue weighted by atomic mass is 9.90. The fourth-order valence-corrected chi connectivity index (χ4v) is 4.27. The predicted molar refractivity (Wildman–Crippen MR) is 131 cm³/mol. The molecule has 0 saturated heterocycles. The van der Waals surface area contributed by atoms with Crippen LogP contribution >= 0.6 is 0 Å². The van der Waals surface area contributed by atoms with E-state index in [4.69, 9.17) is 10.8 Å². The van der Waals surface area contributed by atoms with E-state index in [1.165, 1.54) is 16.5 Å². The molecule has 4 aromatic rings. The van der Waals surface area contributed by atoms with Crippen molar-refractivity contribution in [2.75, 3.05) is 4.90 Å². The SMILES string of the molecule is Cc1ccc(N(C2=CC(=N)C(=N)c3ccccc32)c2ccc(C)c3ccccc23)cc1. The van der Waals surface area contributed by atoms with Crippen molar-refractivity contribution < 1.29 is 0 Å². The van der Waals surface area contributed by atoms with Gasteiger partial charge in [-0.05, 0) is 49.1 Å².